The fourth-order valence-electron chi connectivity index (χ4n) is 3.41. The summed E-state index contributed by atoms with van der Waals surface area (Å²) < 4.78 is 19.2. The van der Waals surface area contributed by atoms with Crippen molar-refractivity contribution < 1.29 is 9.13 Å². The van der Waals surface area contributed by atoms with E-state index in [0.29, 0.717) is 36.5 Å². The van der Waals surface area contributed by atoms with Gasteiger partial charge in [-0.1, -0.05) is 18.2 Å². The largest absolute Gasteiger partial charge is 0.378 e. The average Bonchev–Trinajstić information content (AvgIpc) is 2.76. The van der Waals surface area contributed by atoms with Gasteiger partial charge in [0, 0.05) is 38.0 Å². The van der Waals surface area contributed by atoms with Crippen LogP contribution in [0.2, 0.25) is 0 Å². The first-order valence-corrected chi connectivity index (χ1v) is 9.86. The van der Waals surface area contributed by atoms with Gasteiger partial charge in [-0.05, 0) is 25.3 Å². The molecule has 8 heteroatoms. The minimum absolute atomic E-state index is 0.287. The van der Waals surface area contributed by atoms with Crippen LogP contribution in [0.4, 0.5) is 16.3 Å². The van der Waals surface area contributed by atoms with Crippen LogP contribution in [0.15, 0.2) is 29.3 Å². The molecule has 2 aromatic rings. The fourth-order valence-corrected chi connectivity index (χ4v) is 3.41. The number of piperidine rings is 1. The number of morpholine rings is 1. The molecular weight excluding hydrogens is 359 g/mol. The number of hydrogen-bond donors (Lipinski definition) is 0. The summed E-state index contributed by atoms with van der Waals surface area (Å²) in [6, 6.07) is 6.58. The summed E-state index contributed by atoms with van der Waals surface area (Å²) in [5.41, 5.74) is 0.459. The predicted octanol–water partition coefficient (Wildman–Crippen LogP) is 2.46. The predicted molar refractivity (Wildman–Crippen MR) is 107 cm³/mol. The van der Waals surface area contributed by atoms with Crippen molar-refractivity contribution in [3.8, 4) is 0 Å². The Morgan fingerprint density at radius 3 is 2.32 bits per heavy atom. The summed E-state index contributed by atoms with van der Waals surface area (Å²) in [5.74, 6) is 1.71. The summed E-state index contributed by atoms with van der Waals surface area (Å²) in [6.07, 6.45) is 5.09. The van der Waals surface area contributed by atoms with E-state index in [4.69, 9.17) is 9.72 Å². The first-order chi connectivity index (χ1) is 13.8. The van der Waals surface area contributed by atoms with Gasteiger partial charge >= 0.3 is 0 Å². The van der Waals surface area contributed by atoms with Gasteiger partial charge in [0.1, 0.15) is 5.82 Å². The molecule has 0 aliphatic carbocycles. The van der Waals surface area contributed by atoms with Crippen LogP contribution in [0.1, 0.15) is 30.7 Å². The van der Waals surface area contributed by atoms with Crippen LogP contribution in [-0.4, -0.2) is 60.6 Å². The van der Waals surface area contributed by atoms with Gasteiger partial charge in [-0.3, -0.25) is 4.99 Å². The Kier molecular flexibility index (Phi) is 6.06. The lowest BCUT2D eigenvalue weighted by atomic mass is 10.1. The van der Waals surface area contributed by atoms with Crippen molar-refractivity contribution in [2.24, 2.45) is 4.99 Å². The van der Waals surface area contributed by atoms with Crippen molar-refractivity contribution in [1.29, 1.82) is 0 Å². The van der Waals surface area contributed by atoms with Crippen molar-refractivity contribution in [3.63, 3.8) is 0 Å². The smallest absolute Gasteiger partial charge is 0.230 e. The van der Waals surface area contributed by atoms with Gasteiger partial charge in [0.15, 0.2) is 5.82 Å². The van der Waals surface area contributed by atoms with Crippen molar-refractivity contribution >= 4 is 18.1 Å². The molecule has 148 valence electrons. The number of anilines is 2. The highest BCUT2D eigenvalue weighted by molar-refractivity contribution is 5.79. The van der Waals surface area contributed by atoms with Gasteiger partial charge in [-0.2, -0.15) is 15.0 Å². The standard InChI is InChI=1S/C20H25FN6O/c21-17-7-3-2-6-16(17)14-22-15-18-23-19(26-8-4-1-5-9-26)25-20(24-18)27-10-12-28-13-11-27/h2-3,6-7,14H,1,4-5,8-13,15H2. The number of halogens is 1. The van der Waals surface area contributed by atoms with E-state index in [0.717, 1.165) is 39.0 Å². The zero-order chi connectivity index (χ0) is 19.2. The van der Waals surface area contributed by atoms with E-state index in [9.17, 15) is 4.39 Å². The van der Waals surface area contributed by atoms with Gasteiger partial charge in [0.25, 0.3) is 0 Å². The van der Waals surface area contributed by atoms with E-state index >= 15 is 0 Å². The number of hydrogen-bond acceptors (Lipinski definition) is 7. The Morgan fingerprint density at radius 2 is 1.61 bits per heavy atom. The van der Waals surface area contributed by atoms with Crippen LogP contribution in [0.5, 0.6) is 0 Å². The number of rotatable bonds is 5. The number of nitrogens with zero attached hydrogens (tertiary/aromatic N) is 6. The van der Waals surface area contributed by atoms with E-state index in [1.54, 1.807) is 18.2 Å². The van der Waals surface area contributed by atoms with Crippen LogP contribution in [0, 0.1) is 5.82 Å². The van der Waals surface area contributed by atoms with E-state index in [2.05, 4.69) is 24.8 Å². The summed E-state index contributed by atoms with van der Waals surface area (Å²) in [6.45, 7) is 5.09. The lowest BCUT2D eigenvalue weighted by Gasteiger charge is -2.30. The van der Waals surface area contributed by atoms with E-state index in [-0.39, 0.29) is 12.4 Å². The fraction of sp³-hybridized carbons (Fsp3) is 0.500. The normalized spacial score (nSPS) is 18.0. The Labute approximate surface area is 164 Å². The van der Waals surface area contributed by atoms with Gasteiger partial charge in [0.2, 0.25) is 11.9 Å². The monoisotopic (exact) mass is 384 g/mol. The molecule has 0 N–H and O–H groups in total. The third-order valence-corrected chi connectivity index (χ3v) is 4.96. The molecule has 28 heavy (non-hydrogen) atoms. The van der Waals surface area contributed by atoms with Crippen LogP contribution in [0.3, 0.4) is 0 Å². The van der Waals surface area contributed by atoms with Gasteiger partial charge < -0.3 is 14.5 Å². The van der Waals surface area contributed by atoms with Gasteiger partial charge in [-0.25, -0.2) is 4.39 Å². The molecule has 1 aromatic carbocycles. The van der Waals surface area contributed by atoms with Crippen molar-refractivity contribution in [2.75, 3.05) is 49.2 Å². The SMILES string of the molecule is Fc1ccccc1C=NCc1nc(N2CCCCC2)nc(N2CCOCC2)n1. The number of aromatic nitrogens is 3. The van der Waals surface area contributed by atoms with Crippen LogP contribution >= 0.6 is 0 Å². The zero-order valence-electron chi connectivity index (χ0n) is 15.9. The van der Waals surface area contributed by atoms with Crippen molar-refractivity contribution in [2.45, 2.75) is 25.8 Å². The number of benzene rings is 1. The molecule has 4 rings (SSSR count). The maximum absolute atomic E-state index is 13.8. The molecule has 2 aliphatic rings. The van der Waals surface area contributed by atoms with Crippen molar-refractivity contribution in [1.82, 2.24) is 15.0 Å². The minimum Gasteiger partial charge on any atom is -0.378 e. The first kappa shape index (κ1) is 18.7. The quantitative estimate of drug-likeness (QED) is 0.738. The molecule has 0 atom stereocenters. The Hall–Kier alpha value is -2.61. The van der Waals surface area contributed by atoms with Crippen LogP contribution in [0.25, 0.3) is 0 Å². The lowest BCUT2D eigenvalue weighted by Crippen LogP contribution is -2.38. The molecule has 1 aromatic heterocycles. The Balaban J connectivity index is 1.56. The van der Waals surface area contributed by atoms with Crippen molar-refractivity contribution in [3.05, 3.63) is 41.5 Å². The molecule has 0 saturated carbocycles. The average molecular weight is 384 g/mol. The molecule has 3 heterocycles. The molecule has 0 amide bonds. The summed E-state index contributed by atoms with van der Waals surface area (Å²) in [7, 11) is 0. The highest BCUT2D eigenvalue weighted by Gasteiger charge is 2.20. The molecular formula is C20H25FN6O. The zero-order valence-corrected chi connectivity index (χ0v) is 15.9. The molecule has 0 unspecified atom stereocenters. The Bertz CT molecular complexity index is 782. The number of aliphatic imine (C=N–C) groups is 1. The second kappa shape index (κ2) is 9.05. The molecule has 2 saturated heterocycles. The third kappa shape index (κ3) is 4.62. The molecule has 2 fully saturated rings. The highest BCUT2D eigenvalue weighted by Crippen LogP contribution is 2.19. The van der Waals surface area contributed by atoms with E-state index in [1.807, 2.05) is 0 Å². The maximum atomic E-state index is 13.8. The molecule has 0 bridgehead atoms. The topological polar surface area (TPSA) is 66.7 Å². The molecule has 0 radical (unpaired) electrons. The minimum atomic E-state index is -0.287. The summed E-state index contributed by atoms with van der Waals surface area (Å²) >= 11 is 0. The van der Waals surface area contributed by atoms with Crippen LogP contribution in [-0.2, 0) is 11.3 Å². The highest BCUT2D eigenvalue weighted by atomic mass is 19.1. The van der Waals surface area contributed by atoms with Gasteiger partial charge in [0.05, 0.1) is 19.8 Å². The Morgan fingerprint density at radius 1 is 0.929 bits per heavy atom. The second-order valence-electron chi connectivity index (χ2n) is 6.99. The summed E-state index contributed by atoms with van der Waals surface area (Å²) in [5, 5.41) is 0. The second-order valence-corrected chi connectivity index (χ2v) is 6.99. The van der Waals surface area contributed by atoms with E-state index in [1.165, 1.54) is 18.7 Å². The third-order valence-electron chi connectivity index (χ3n) is 4.96. The van der Waals surface area contributed by atoms with E-state index < -0.39 is 0 Å². The number of ether oxygens (including phenoxy) is 1. The molecule has 2 aliphatic heterocycles. The maximum Gasteiger partial charge on any atom is 0.230 e. The van der Waals surface area contributed by atoms with Gasteiger partial charge in [-0.15, -0.1) is 0 Å². The summed E-state index contributed by atoms with van der Waals surface area (Å²) in [4.78, 5) is 22.7. The first-order valence-electron chi connectivity index (χ1n) is 9.86. The van der Waals surface area contributed by atoms with Crippen LogP contribution < -0.4 is 9.80 Å². The lowest BCUT2D eigenvalue weighted by molar-refractivity contribution is 0.122. The molecule has 0 spiro atoms. The molecule has 7 nitrogen and oxygen atoms in total.